The zero-order valence-electron chi connectivity index (χ0n) is 10.0. The molecule has 1 unspecified atom stereocenters. The van der Waals surface area contributed by atoms with E-state index in [0.29, 0.717) is 28.5 Å². The van der Waals surface area contributed by atoms with E-state index >= 15 is 0 Å². The molecular formula is C12H14ClN5. The molecule has 3 rings (SSSR count). The maximum Gasteiger partial charge on any atom is 0.184 e. The van der Waals surface area contributed by atoms with Gasteiger partial charge in [0.05, 0.1) is 16.8 Å². The van der Waals surface area contributed by atoms with Crippen LogP contribution in [0.15, 0.2) is 18.2 Å². The van der Waals surface area contributed by atoms with Crippen LogP contribution in [0, 0.1) is 5.92 Å². The summed E-state index contributed by atoms with van der Waals surface area (Å²) in [5.74, 6) is 1.36. The molecule has 1 heterocycles. The molecule has 5 nitrogen and oxygen atoms in total. The van der Waals surface area contributed by atoms with Crippen molar-refractivity contribution in [2.45, 2.75) is 25.8 Å². The maximum absolute atomic E-state index is 6.03. The number of aromatic nitrogens is 4. The first-order valence-corrected chi connectivity index (χ1v) is 6.38. The van der Waals surface area contributed by atoms with Gasteiger partial charge in [0.15, 0.2) is 5.82 Å². The zero-order valence-corrected chi connectivity index (χ0v) is 10.8. The standard InChI is InChI=1S/C12H14ClN5/c1-7(8-5-6-8)18-12(15-16-17-18)9-3-2-4-10(13)11(9)14/h2-4,7-8H,5-6,14H2,1H3. The fourth-order valence-corrected chi connectivity index (χ4v) is 2.33. The van der Waals surface area contributed by atoms with E-state index in [-0.39, 0.29) is 0 Å². The largest absolute Gasteiger partial charge is 0.397 e. The Balaban J connectivity index is 2.06. The van der Waals surface area contributed by atoms with Crippen LogP contribution in [0.4, 0.5) is 5.69 Å². The molecule has 1 fully saturated rings. The van der Waals surface area contributed by atoms with E-state index in [1.165, 1.54) is 12.8 Å². The Hall–Kier alpha value is -1.62. The van der Waals surface area contributed by atoms with Crippen LogP contribution in [-0.2, 0) is 0 Å². The number of benzene rings is 1. The van der Waals surface area contributed by atoms with Crippen LogP contribution in [0.25, 0.3) is 11.4 Å². The van der Waals surface area contributed by atoms with Crippen LogP contribution in [0.5, 0.6) is 0 Å². The van der Waals surface area contributed by atoms with E-state index in [0.717, 1.165) is 5.56 Å². The molecule has 18 heavy (non-hydrogen) atoms. The van der Waals surface area contributed by atoms with Gasteiger partial charge in [0.25, 0.3) is 0 Å². The van der Waals surface area contributed by atoms with Gasteiger partial charge in [-0.1, -0.05) is 17.7 Å². The number of tetrazole rings is 1. The van der Waals surface area contributed by atoms with Gasteiger partial charge in [-0.25, -0.2) is 4.68 Å². The second-order valence-corrected chi connectivity index (χ2v) is 5.13. The molecule has 0 bridgehead atoms. The zero-order chi connectivity index (χ0) is 12.7. The van der Waals surface area contributed by atoms with E-state index in [4.69, 9.17) is 17.3 Å². The summed E-state index contributed by atoms with van der Waals surface area (Å²) < 4.78 is 1.85. The third kappa shape index (κ3) is 1.84. The van der Waals surface area contributed by atoms with Crippen LogP contribution in [0.1, 0.15) is 25.8 Å². The summed E-state index contributed by atoms with van der Waals surface area (Å²) >= 11 is 6.03. The fourth-order valence-electron chi connectivity index (χ4n) is 2.16. The minimum Gasteiger partial charge on any atom is -0.397 e. The monoisotopic (exact) mass is 263 g/mol. The Morgan fingerprint density at radius 1 is 1.44 bits per heavy atom. The summed E-state index contributed by atoms with van der Waals surface area (Å²) in [6.07, 6.45) is 2.48. The molecule has 1 saturated carbocycles. The first-order chi connectivity index (χ1) is 8.68. The molecule has 94 valence electrons. The van der Waals surface area contributed by atoms with Gasteiger partial charge in [-0.15, -0.1) is 5.10 Å². The van der Waals surface area contributed by atoms with E-state index in [1.807, 2.05) is 16.8 Å². The van der Waals surface area contributed by atoms with Crippen molar-refractivity contribution in [1.82, 2.24) is 20.2 Å². The molecule has 6 heteroatoms. The molecule has 2 aromatic rings. The molecule has 0 spiro atoms. The van der Waals surface area contributed by atoms with Crippen molar-refractivity contribution in [3.63, 3.8) is 0 Å². The summed E-state index contributed by atoms with van der Waals surface area (Å²) in [5.41, 5.74) is 7.31. The molecule has 1 aliphatic rings. The molecule has 0 radical (unpaired) electrons. The topological polar surface area (TPSA) is 69.6 Å². The number of halogens is 1. The quantitative estimate of drug-likeness (QED) is 0.864. The fraction of sp³-hybridized carbons (Fsp3) is 0.417. The van der Waals surface area contributed by atoms with E-state index in [9.17, 15) is 0 Å². The molecule has 0 amide bonds. The molecule has 1 aromatic carbocycles. The van der Waals surface area contributed by atoms with Crippen molar-refractivity contribution in [2.24, 2.45) is 5.92 Å². The number of hydrogen-bond donors (Lipinski definition) is 1. The summed E-state index contributed by atoms with van der Waals surface area (Å²) in [4.78, 5) is 0. The van der Waals surface area contributed by atoms with Gasteiger partial charge in [0.2, 0.25) is 0 Å². The van der Waals surface area contributed by atoms with Crippen molar-refractivity contribution < 1.29 is 0 Å². The van der Waals surface area contributed by atoms with E-state index < -0.39 is 0 Å². The average Bonchev–Trinajstić information content (AvgIpc) is 3.10. The van der Waals surface area contributed by atoms with Gasteiger partial charge in [-0.05, 0) is 48.2 Å². The average molecular weight is 264 g/mol. The van der Waals surface area contributed by atoms with Crippen molar-refractivity contribution in [3.05, 3.63) is 23.2 Å². The molecular weight excluding hydrogens is 250 g/mol. The lowest BCUT2D eigenvalue weighted by Crippen LogP contribution is -2.11. The van der Waals surface area contributed by atoms with Crippen LogP contribution < -0.4 is 5.73 Å². The first-order valence-electron chi connectivity index (χ1n) is 6.00. The second kappa shape index (κ2) is 4.24. The Kier molecular flexibility index (Phi) is 2.70. The van der Waals surface area contributed by atoms with Gasteiger partial charge in [0.1, 0.15) is 0 Å². The third-order valence-corrected chi connectivity index (χ3v) is 3.81. The van der Waals surface area contributed by atoms with Crippen molar-refractivity contribution in [1.29, 1.82) is 0 Å². The Morgan fingerprint density at radius 3 is 2.94 bits per heavy atom. The molecule has 0 aliphatic heterocycles. The van der Waals surface area contributed by atoms with Crippen LogP contribution in [0.3, 0.4) is 0 Å². The number of nitrogens with zero attached hydrogens (tertiary/aromatic N) is 4. The minimum atomic E-state index is 0.299. The second-order valence-electron chi connectivity index (χ2n) is 4.73. The number of para-hydroxylation sites is 1. The van der Waals surface area contributed by atoms with Crippen LogP contribution in [-0.4, -0.2) is 20.2 Å². The lowest BCUT2D eigenvalue weighted by molar-refractivity contribution is 0.433. The molecule has 2 N–H and O–H groups in total. The predicted octanol–water partition coefficient (Wildman–Crippen LogP) is 2.55. The van der Waals surface area contributed by atoms with Gasteiger partial charge in [-0.3, -0.25) is 0 Å². The van der Waals surface area contributed by atoms with Crippen LogP contribution >= 0.6 is 11.6 Å². The number of anilines is 1. The number of nitrogen functional groups attached to an aromatic ring is 1. The Labute approximate surface area is 110 Å². The van der Waals surface area contributed by atoms with Gasteiger partial charge < -0.3 is 5.73 Å². The Bertz CT molecular complexity index is 576. The van der Waals surface area contributed by atoms with Crippen LogP contribution in [0.2, 0.25) is 5.02 Å². The summed E-state index contributed by atoms with van der Waals surface area (Å²) in [5, 5.41) is 12.5. The molecule has 1 atom stereocenters. The highest BCUT2D eigenvalue weighted by molar-refractivity contribution is 6.33. The first kappa shape index (κ1) is 11.5. The van der Waals surface area contributed by atoms with E-state index in [1.54, 1.807) is 6.07 Å². The highest BCUT2D eigenvalue weighted by Crippen LogP contribution is 2.41. The summed E-state index contributed by atoms with van der Waals surface area (Å²) in [6.45, 7) is 2.14. The smallest absolute Gasteiger partial charge is 0.184 e. The molecule has 1 aromatic heterocycles. The third-order valence-electron chi connectivity index (χ3n) is 3.48. The number of hydrogen-bond acceptors (Lipinski definition) is 4. The summed E-state index contributed by atoms with van der Waals surface area (Å²) in [6, 6.07) is 5.81. The van der Waals surface area contributed by atoms with Crippen molar-refractivity contribution in [3.8, 4) is 11.4 Å². The normalized spacial score (nSPS) is 16.8. The molecule has 1 aliphatic carbocycles. The van der Waals surface area contributed by atoms with Crippen molar-refractivity contribution >= 4 is 17.3 Å². The predicted molar refractivity (Wildman–Crippen MR) is 70.1 cm³/mol. The lowest BCUT2D eigenvalue weighted by atomic mass is 10.1. The highest BCUT2D eigenvalue weighted by Gasteiger charge is 2.31. The highest BCUT2D eigenvalue weighted by atomic mass is 35.5. The lowest BCUT2D eigenvalue weighted by Gasteiger charge is -2.13. The maximum atomic E-state index is 6.03. The Morgan fingerprint density at radius 2 is 2.22 bits per heavy atom. The van der Waals surface area contributed by atoms with E-state index in [2.05, 4.69) is 22.4 Å². The summed E-state index contributed by atoms with van der Waals surface area (Å²) in [7, 11) is 0. The van der Waals surface area contributed by atoms with Gasteiger partial charge in [-0.2, -0.15) is 0 Å². The SMILES string of the molecule is CC(C1CC1)n1nnnc1-c1cccc(Cl)c1N. The van der Waals surface area contributed by atoms with Gasteiger partial charge >= 0.3 is 0 Å². The number of nitrogens with two attached hydrogens (primary N) is 1. The van der Waals surface area contributed by atoms with Crippen molar-refractivity contribution in [2.75, 3.05) is 5.73 Å². The molecule has 0 saturated heterocycles. The van der Waals surface area contributed by atoms with Gasteiger partial charge in [0, 0.05) is 5.56 Å². The number of rotatable bonds is 3. The minimum absolute atomic E-state index is 0.299.